The van der Waals surface area contributed by atoms with Gasteiger partial charge >= 0.3 is 0 Å². The maximum atomic E-state index is 4.69. The van der Waals surface area contributed by atoms with Crippen LogP contribution >= 0.6 is 0 Å². The van der Waals surface area contributed by atoms with Gasteiger partial charge in [0.25, 0.3) is 0 Å². The first-order valence-electron chi connectivity index (χ1n) is 6.45. The zero-order valence-electron chi connectivity index (χ0n) is 11.4. The van der Waals surface area contributed by atoms with Crippen LogP contribution in [0.5, 0.6) is 0 Å². The first-order chi connectivity index (χ1) is 9.13. The van der Waals surface area contributed by atoms with E-state index in [-0.39, 0.29) is 0 Å². The normalized spacial score (nSPS) is 10.9. The topological polar surface area (TPSA) is 25.8 Å². The largest absolute Gasteiger partial charge is 0.233 e. The molecular weight excluding hydrogens is 232 g/mol. The molecule has 0 saturated heterocycles. The van der Waals surface area contributed by atoms with E-state index < -0.39 is 0 Å². The van der Waals surface area contributed by atoms with Gasteiger partial charge in [0.15, 0.2) is 5.65 Å². The Kier molecular flexibility index (Phi) is 2.79. The first-order valence-corrected chi connectivity index (χ1v) is 6.45. The van der Waals surface area contributed by atoms with Crippen molar-refractivity contribution in [3.8, 4) is 11.3 Å². The van der Waals surface area contributed by atoms with Gasteiger partial charge in [0.2, 0.25) is 0 Å². The van der Waals surface area contributed by atoms with Crippen LogP contribution in [-0.4, -0.2) is 9.97 Å². The number of hydrogen-bond acceptors (Lipinski definition) is 2. The fourth-order valence-electron chi connectivity index (χ4n) is 2.32. The molecule has 0 amide bonds. The summed E-state index contributed by atoms with van der Waals surface area (Å²) >= 11 is 0. The molecule has 2 heterocycles. The number of pyridine rings is 2. The quantitative estimate of drug-likeness (QED) is 0.644. The van der Waals surface area contributed by atoms with Gasteiger partial charge in [-0.15, -0.1) is 0 Å². The summed E-state index contributed by atoms with van der Waals surface area (Å²) in [6.07, 6.45) is 0. The molecule has 2 aromatic heterocycles. The van der Waals surface area contributed by atoms with Crippen LogP contribution in [0.3, 0.4) is 0 Å². The lowest BCUT2D eigenvalue weighted by Gasteiger charge is -2.06. The third-order valence-electron chi connectivity index (χ3n) is 3.35. The molecule has 19 heavy (non-hydrogen) atoms. The Hall–Kier alpha value is -2.22. The van der Waals surface area contributed by atoms with E-state index in [1.807, 2.05) is 6.92 Å². The van der Waals surface area contributed by atoms with Crippen molar-refractivity contribution in [3.63, 3.8) is 0 Å². The molecule has 0 saturated carbocycles. The summed E-state index contributed by atoms with van der Waals surface area (Å²) in [5.74, 6) is 0. The Morgan fingerprint density at radius 3 is 2.26 bits per heavy atom. The molecule has 94 valence electrons. The zero-order valence-corrected chi connectivity index (χ0v) is 11.4. The van der Waals surface area contributed by atoms with Crippen LogP contribution in [0, 0.1) is 20.8 Å². The lowest BCUT2D eigenvalue weighted by molar-refractivity contribution is 1.19. The number of aryl methyl sites for hydroxylation is 3. The van der Waals surface area contributed by atoms with Gasteiger partial charge < -0.3 is 0 Å². The molecule has 0 bridgehead atoms. The van der Waals surface area contributed by atoms with Gasteiger partial charge in [-0.05, 0) is 44.5 Å². The van der Waals surface area contributed by atoms with Crippen LogP contribution in [0.25, 0.3) is 22.3 Å². The molecule has 0 aliphatic carbocycles. The standard InChI is InChI=1S/C17H16N2/c1-11-4-6-14(7-5-11)16-9-8-15-12(2)10-13(3)18-17(15)19-16/h4-10H,1-3H3. The lowest BCUT2D eigenvalue weighted by atomic mass is 10.1. The Bertz CT molecular complexity index is 743. The summed E-state index contributed by atoms with van der Waals surface area (Å²) in [5, 5.41) is 1.13. The highest BCUT2D eigenvalue weighted by Crippen LogP contribution is 2.22. The van der Waals surface area contributed by atoms with Crippen molar-refractivity contribution in [2.75, 3.05) is 0 Å². The van der Waals surface area contributed by atoms with Crippen molar-refractivity contribution in [3.05, 3.63) is 59.3 Å². The van der Waals surface area contributed by atoms with Gasteiger partial charge in [0, 0.05) is 16.6 Å². The maximum absolute atomic E-state index is 4.69. The molecule has 0 fully saturated rings. The third-order valence-corrected chi connectivity index (χ3v) is 3.35. The number of hydrogen-bond donors (Lipinski definition) is 0. The van der Waals surface area contributed by atoms with E-state index in [1.165, 1.54) is 11.1 Å². The summed E-state index contributed by atoms with van der Waals surface area (Å²) in [4.78, 5) is 9.21. The van der Waals surface area contributed by atoms with Crippen LogP contribution in [0.15, 0.2) is 42.5 Å². The predicted molar refractivity (Wildman–Crippen MR) is 79.2 cm³/mol. The highest BCUT2D eigenvalue weighted by atomic mass is 14.9. The minimum absolute atomic E-state index is 0.829. The molecule has 0 aliphatic rings. The summed E-state index contributed by atoms with van der Waals surface area (Å²) in [5.41, 5.74) is 6.44. The van der Waals surface area contributed by atoms with Gasteiger partial charge in [0.1, 0.15) is 0 Å². The minimum Gasteiger partial charge on any atom is -0.233 e. The Labute approximate surface area is 113 Å². The highest BCUT2D eigenvalue weighted by molar-refractivity contribution is 5.81. The molecule has 3 rings (SSSR count). The second-order valence-corrected chi connectivity index (χ2v) is 5.01. The lowest BCUT2D eigenvalue weighted by Crippen LogP contribution is -1.92. The summed E-state index contributed by atoms with van der Waals surface area (Å²) in [7, 11) is 0. The summed E-state index contributed by atoms with van der Waals surface area (Å²) < 4.78 is 0. The fourth-order valence-corrected chi connectivity index (χ4v) is 2.32. The van der Waals surface area contributed by atoms with Crippen LogP contribution in [-0.2, 0) is 0 Å². The fraction of sp³-hybridized carbons (Fsp3) is 0.176. The Morgan fingerprint density at radius 2 is 1.53 bits per heavy atom. The molecule has 2 nitrogen and oxygen atoms in total. The first kappa shape index (κ1) is 11.8. The van der Waals surface area contributed by atoms with Crippen LogP contribution in [0.4, 0.5) is 0 Å². The van der Waals surface area contributed by atoms with E-state index in [0.717, 1.165) is 28.0 Å². The van der Waals surface area contributed by atoms with Gasteiger partial charge in [-0.1, -0.05) is 29.8 Å². The van der Waals surface area contributed by atoms with E-state index in [9.17, 15) is 0 Å². The molecule has 1 aromatic carbocycles. The van der Waals surface area contributed by atoms with Crippen molar-refractivity contribution in [1.82, 2.24) is 9.97 Å². The van der Waals surface area contributed by atoms with E-state index >= 15 is 0 Å². The number of benzene rings is 1. The molecule has 0 atom stereocenters. The van der Waals surface area contributed by atoms with Crippen molar-refractivity contribution in [2.24, 2.45) is 0 Å². The molecule has 0 N–H and O–H groups in total. The smallest absolute Gasteiger partial charge is 0.160 e. The van der Waals surface area contributed by atoms with E-state index in [2.05, 4.69) is 66.3 Å². The van der Waals surface area contributed by atoms with Gasteiger partial charge in [-0.25, -0.2) is 9.97 Å². The van der Waals surface area contributed by atoms with Crippen molar-refractivity contribution < 1.29 is 0 Å². The van der Waals surface area contributed by atoms with Gasteiger partial charge in [-0.2, -0.15) is 0 Å². The second kappa shape index (κ2) is 4.47. The molecule has 0 aliphatic heterocycles. The van der Waals surface area contributed by atoms with Crippen molar-refractivity contribution in [1.29, 1.82) is 0 Å². The summed E-state index contributed by atoms with van der Waals surface area (Å²) in [6, 6.07) is 14.7. The van der Waals surface area contributed by atoms with Crippen molar-refractivity contribution in [2.45, 2.75) is 20.8 Å². The Balaban J connectivity index is 2.18. The number of aromatic nitrogens is 2. The molecule has 0 radical (unpaired) electrons. The third kappa shape index (κ3) is 2.22. The minimum atomic E-state index is 0.829. The Morgan fingerprint density at radius 1 is 0.789 bits per heavy atom. The van der Waals surface area contributed by atoms with Gasteiger partial charge in [0.05, 0.1) is 5.69 Å². The zero-order chi connectivity index (χ0) is 13.4. The molecular formula is C17H16N2. The van der Waals surface area contributed by atoms with Gasteiger partial charge in [-0.3, -0.25) is 0 Å². The second-order valence-electron chi connectivity index (χ2n) is 5.01. The predicted octanol–water partition coefficient (Wildman–Crippen LogP) is 4.22. The SMILES string of the molecule is Cc1ccc(-c2ccc3c(C)cc(C)nc3n2)cc1. The van der Waals surface area contributed by atoms with Crippen molar-refractivity contribution >= 4 is 11.0 Å². The molecule has 2 heteroatoms. The maximum Gasteiger partial charge on any atom is 0.160 e. The van der Waals surface area contributed by atoms with E-state index in [1.54, 1.807) is 0 Å². The molecule has 0 unspecified atom stereocenters. The number of rotatable bonds is 1. The van der Waals surface area contributed by atoms with Crippen LogP contribution < -0.4 is 0 Å². The molecule has 3 aromatic rings. The highest BCUT2D eigenvalue weighted by Gasteiger charge is 2.05. The van der Waals surface area contributed by atoms with E-state index in [4.69, 9.17) is 0 Å². The number of fused-ring (bicyclic) bond motifs is 1. The molecule has 0 spiro atoms. The van der Waals surface area contributed by atoms with E-state index in [0.29, 0.717) is 0 Å². The average Bonchev–Trinajstić information content (AvgIpc) is 2.38. The monoisotopic (exact) mass is 248 g/mol. The number of nitrogens with zero attached hydrogens (tertiary/aromatic N) is 2. The van der Waals surface area contributed by atoms with Crippen LogP contribution in [0.2, 0.25) is 0 Å². The summed E-state index contributed by atoms with van der Waals surface area (Å²) in [6.45, 7) is 6.20. The average molecular weight is 248 g/mol. The van der Waals surface area contributed by atoms with Crippen LogP contribution in [0.1, 0.15) is 16.8 Å².